The van der Waals surface area contributed by atoms with Crippen LogP contribution in [0.1, 0.15) is 33.1 Å². The maximum absolute atomic E-state index is 13.8. The van der Waals surface area contributed by atoms with E-state index in [9.17, 15) is 14.5 Å². The number of anilines is 1. The van der Waals surface area contributed by atoms with Crippen LogP contribution in [0.25, 0.3) is 0 Å². The molecule has 1 N–H and O–H groups in total. The lowest BCUT2D eigenvalue weighted by atomic mass is 9.89. The number of hydrogen-bond acceptors (Lipinski definition) is 4. The Morgan fingerprint density at radius 2 is 2.35 bits per heavy atom. The first-order chi connectivity index (χ1) is 9.45. The van der Waals surface area contributed by atoms with E-state index >= 15 is 0 Å². The number of benzene rings is 1. The van der Waals surface area contributed by atoms with Gasteiger partial charge in [0.05, 0.1) is 10.5 Å². The Kier molecular flexibility index (Phi) is 4.23. The van der Waals surface area contributed by atoms with Crippen LogP contribution in [0.2, 0.25) is 0 Å². The van der Waals surface area contributed by atoms with Gasteiger partial charge in [0.25, 0.3) is 5.69 Å². The Morgan fingerprint density at radius 3 is 3.00 bits per heavy atom. The Hall–Kier alpha value is -1.69. The summed E-state index contributed by atoms with van der Waals surface area (Å²) in [5, 5.41) is 14.0. The first kappa shape index (κ1) is 14.7. The van der Waals surface area contributed by atoms with Gasteiger partial charge >= 0.3 is 0 Å². The van der Waals surface area contributed by atoms with Crippen molar-refractivity contribution in [1.82, 2.24) is 0 Å². The Balaban J connectivity index is 2.20. The van der Waals surface area contributed by atoms with Crippen LogP contribution in [0.15, 0.2) is 18.2 Å². The molecule has 0 spiro atoms. The van der Waals surface area contributed by atoms with Crippen LogP contribution in [-0.2, 0) is 4.74 Å². The lowest BCUT2D eigenvalue weighted by Crippen LogP contribution is -2.42. The summed E-state index contributed by atoms with van der Waals surface area (Å²) in [5.41, 5.74) is -0.506. The van der Waals surface area contributed by atoms with Crippen LogP contribution in [0.3, 0.4) is 0 Å². The van der Waals surface area contributed by atoms with Crippen molar-refractivity contribution >= 4 is 11.4 Å². The zero-order valence-electron chi connectivity index (χ0n) is 11.7. The van der Waals surface area contributed by atoms with Crippen molar-refractivity contribution in [1.29, 1.82) is 0 Å². The third kappa shape index (κ3) is 3.07. The largest absolute Gasteiger partial charge is 0.375 e. The number of rotatable bonds is 4. The molecule has 0 radical (unpaired) electrons. The van der Waals surface area contributed by atoms with E-state index in [0.717, 1.165) is 6.42 Å². The number of nitrogens with zero attached hydrogens (tertiary/aromatic N) is 1. The molecule has 6 heteroatoms. The fourth-order valence-corrected chi connectivity index (χ4v) is 2.51. The molecule has 2 unspecified atom stereocenters. The summed E-state index contributed by atoms with van der Waals surface area (Å²) in [5.74, 6) is -0.594. The summed E-state index contributed by atoms with van der Waals surface area (Å²) in [6.45, 7) is 4.62. The van der Waals surface area contributed by atoms with Crippen LogP contribution in [0.5, 0.6) is 0 Å². The average Bonchev–Trinajstić information content (AvgIpc) is 2.41. The predicted molar refractivity (Wildman–Crippen MR) is 74.3 cm³/mol. The SMILES string of the molecule is CCC1(C)CC(Nc2c(F)cccc2[N+](=O)[O-])CCO1. The second-order valence-electron chi connectivity index (χ2n) is 5.38. The van der Waals surface area contributed by atoms with Gasteiger partial charge in [0, 0.05) is 18.7 Å². The van der Waals surface area contributed by atoms with Gasteiger partial charge in [0.1, 0.15) is 5.69 Å². The second kappa shape index (κ2) is 5.75. The molecule has 110 valence electrons. The fraction of sp³-hybridized carbons (Fsp3) is 0.571. The molecule has 1 aliphatic rings. The van der Waals surface area contributed by atoms with E-state index in [1.165, 1.54) is 18.2 Å². The highest BCUT2D eigenvalue weighted by atomic mass is 19.1. The Bertz CT molecular complexity index is 509. The van der Waals surface area contributed by atoms with Gasteiger partial charge < -0.3 is 10.1 Å². The van der Waals surface area contributed by atoms with Crippen LogP contribution >= 0.6 is 0 Å². The van der Waals surface area contributed by atoms with E-state index in [2.05, 4.69) is 5.32 Å². The zero-order valence-corrected chi connectivity index (χ0v) is 11.7. The summed E-state index contributed by atoms with van der Waals surface area (Å²) >= 11 is 0. The number of hydrogen-bond donors (Lipinski definition) is 1. The monoisotopic (exact) mass is 282 g/mol. The zero-order chi connectivity index (χ0) is 14.8. The lowest BCUT2D eigenvalue weighted by Gasteiger charge is -2.38. The van der Waals surface area contributed by atoms with Crippen molar-refractivity contribution < 1.29 is 14.1 Å². The molecular formula is C14H19FN2O3. The van der Waals surface area contributed by atoms with Gasteiger partial charge in [-0.3, -0.25) is 10.1 Å². The second-order valence-corrected chi connectivity index (χ2v) is 5.38. The number of ether oxygens (including phenoxy) is 1. The van der Waals surface area contributed by atoms with Crippen molar-refractivity contribution in [3.63, 3.8) is 0 Å². The third-order valence-electron chi connectivity index (χ3n) is 3.88. The topological polar surface area (TPSA) is 64.4 Å². The molecule has 0 bridgehead atoms. The molecule has 2 atom stereocenters. The summed E-state index contributed by atoms with van der Waals surface area (Å²) in [4.78, 5) is 10.4. The van der Waals surface area contributed by atoms with Crippen LogP contribution < -0.4 is 5.32 Å². The molecule has 0 aromatic heterocycles. The number of nitro benzene ring substituents is 1. The molecule has 1 aromatic rings. The first-order valence-electron chi connectivity index (χ1n) is 6.78. The molecule has 20 heavy (non-hydrogen) atoms. The van der Waals surface area contributed by atoms with Crippen molar-refractivity contribution in [2.24, 2.45) is 0 Å². The smallest absolute Gasteiger partial charge is 0.295 e. The van der Waals surface area contributed by atoms with Crippen molar-refractivity contribution in [2.75, 3.05) is 11.9 Å². The minimum atomic E-state index is -0.594. The molecule has 1 heterocycles. The molecule has 0 saturated carbocycles. The standard InChI is InChI=1S/C14H19FN2O3/c1-3-14(2)9-10(7-8-20-14)16-13-11(15)5-4-6-12(13)17(18)19/h4-6,10,16H,3,7-9H2,1-2H3. The minimum absolute atomic E-state index is 0.0238. The highest BCUT2D eigenvalue weighted by molar-refractivity contribution is 5.62. The van der Waals surface area contributed by atoms with E-state index in [1.807, 2.05) is 13.8 Å². The predicted octanol–water partition coefficient (Wildman–Crippen LogP) is 3.49. The number of para-hydroxylation sites is 1. The Labute approximate surface area is 117 Å². The molecule has 0 amide bonds. The van der Waals surface area contributed by atoms with Gasteiger partial charge in [0.15, 0.2) is 5.82 Å². The normalized spacial score (nSPS) is 26.2. The average molecular weight is 282 g/mol. The van der Waals surface area contributed by atoms with Crippen LogP contribution in [-0.4, -0.2) is 23.2 Å². The molecular weight excluding hydrogens is 263 g/mol. The minimum Gasteiger partial charge on any atom is -0.375 e. The highest BCUT2D eigenvalue weighted by Crippen LogP contribution is 2.33. The quantitative estimate of drug-likeness (QED) is 0.678. The molecule has 1 aliphatic heterocycles. The Morgan fingerprint density at radius 1 is 1.60 bits per heavy atom. The van der Waals surface area contributed by atoms with Gasteiger partial charge in [-0.05, 0) is 32.3 Å². The molecule has 5 nitrogen and oxygen atoms in total. The first-order valence-corrected chi connectivity index (χ1v) is 6.78. The van der Waals surface area contributed by atoms with Crippen molar-refractivity contribution in [3.8, 4) is 0 Å². The molecule has 2 rings (SSSR count). The number of nitrogens with one attached hydrogen (secondary N) is 1. The number of halogens is 1. The van der Waals surface area contributed by atoms with Crippen molar-refractivity contribution in [2.45, 2.75) is 44.8 Å². The maximum atomic E-state index is 13.8. The fourth-order valence-electron chi connectivity index (χ4n) is 2.51. The van der Waals surface area contributed by atoms with Gasteiger partial charge in [-0.1, -0.05) is 13.0 Å². The molecule has 0 aliphatic carbocycles. The summed E-state index contributed by atoms with van der Waals surface area (Å²) in [7, 11) is 0. The summed E-state index contributed by atoms with van der Waals surface area (Å²) in [6.07, 6.45) is 2.26. The van der Waals surface area contributed by atoms with Gasteiger partial charge in [0.2, 0.25) is 0 Å². The summed E-state index contributed by atoms with van der Waals surface area (Å²) in [6, 6.07) is 3.86. The van der Waals surface area contributed by atoms with Gasteiger partial charge in [-0.15, -0.1) is 0 Å². The van der Waals surface area contributed by atoms with E-state index in [4.69, 9.17) is 4.74 Å². The van der Waals surface area contributed by atoms with Crippen molar-refractivity contribution in [3.05, 3.63) is 34.1 Å². The maximum Gasteiger partial charge on any atom is 0.295 e. The van der Waals surface area contributed by atoms with E-state index in [-0.39, 0.29) is 23.0 Å². The van der Waals surface area contributed by atoms with E-state index < -0.39 is 10.7 Å². The van der Waals surface area contributed by atoms with E-state index in [1.54, 1.807) is 0 Å². The van der Waals surface area contributed by atoms with Gasteiger partial charge in [-0.2, -0.15) is 0 Å². The molecule has 1 saturated heterocycles. The number of nitro groups is 1. The third-order valence-corrected chi connectivity index (χ3v) is 3.88. The highest BCUT2D eigenvalue weighted by Gasteiger charge is 2.33. The van der Waals surface area contributed by atoms with Crippen LogP contribution in [0, 0.1) is 15.9 Å². The summed E-state index contributed by atoms with van der Waals surface area (Å²) < 4.78 is 19.6. The van der Waals surface area contributed by atoms with Crippen LogP contribution in [0.4, 0.5) is 15.8 Å². The molecule has 1 fully saturated rings. The molecule has 1 aromatic carbocycles. The van der Waals surface area contributed by atoms with E-state index in [0.29, 0.717) is 19.4 Å². The lowest BCUT2D eigenvalue weighted by molar-refractivity contribution is -0.384. The van der Waals surface area contributed by atoms with Gasteiger partial charge in [-0.25, -0.2) is 4.39 Å².